The molecule has 0 rings (SSSR count). The molecule has 0 unspecified atom stereocenters. The van der Waals surface area contributed by atoms with Crippen molar-refractivity contribution in [3.05, 3.63) is 23.8 Å². The van der Waals surface area contributed by atoms with Gasteiger partial charge in [-0.05, 0) is 12.8 Å². The van der Waals surface area contributed by atoms with Gasteiger partial charge in [0, 0.05) is 23.8 Å². The van der Waals surface area contributed by atoms with Gasteiger partial charge in [0.1, 0.15) is 0 Å². The molecule has 0 fully saturated rings. The molecular weight excluding hydrogens is 236 g/mol. The first-order valence-electron chi connectivity index (χ1n) is 5.10. The fourth-order valence-electron chi connectivity index (χ4n) is 0.795. The predicted octanol–water partition coefficient (Wildman–Crippen LogP) is 1.86. The molecule has 6 heteroatoms. The molecule has 2 N–H and O–H groups in total. The van der Waals surface area contributed by atoms with Gasteiger partial charge in [-0.3, -0.25) is 0 Å². The van der Waals surface area contributed by atoms with Crippen LogP contribution in [0.5, 0.6) is 0 Å². The molecule has 0 aromatic heterocycles. The standard InChI is InChI=1S/C8H11NO2.C4H3NO2/c1-2-3-4-7(5-6-9)8(10)11;5-3-1-2-4(6)7/h5H,2-4H2,1H3,(H,10,11);1-2H,(H,6,7). The van der Waals surface area contributed by atoms with Crippen molar-refractivity contribution in [1.29, 1.82) is 10.5 Å². The van der Waals surface area contributed by atoms with Crippen LogP contribution in [0.3, 0.4) is 0 Å². The van der Waals surface area contributed by atoms with Crippen molar-refractivity contribution in [2.45, 2.75) is 26.2 Å². The summed E-state index contributed by atoms with van der Waals surface area (Å²) in [5.41, 5.74) is 0.203. The normalized spacial score (nSPS) is 9.83. The summed E-state index contributed by atoms with van der Waals surface area (Å²) in [4.78, 5) is 19.9. The van der Waals surface area contributed by atoms with Crippen LogP contribution in [0, 0.1) is 22.7 Å². The molecule has 0 bridgehead atoms. The Morgan fingerprint density at radius 1 is 1.22 bits per heavy atom. The Hall–Kier alpha value is -2.60. The lowest BCUT2D eigenvalue weighted by Crippen LogP contribution is -1.99. The van der Waals surface area contributed by atoms with Gasteiger partial charge in [0.2, 0.25) is 0 Å². The zero-order valence-corrected chi connectivity index (χ0v) is 9.96. The van der Waals surface area contributed by atoms with Crippen molar-refractivity contribution < 1.29 is 19.8 Å². The summed E-state index contributed by atoms with van der Waals surface area (Å²) in [5.74, 6) is -2.08. The molecule has 0 amide bonds. The number of allylic oxidation sites excluding steroid dienone is 2. The molecule has 0 aliphatic rings. The second-order valence-electron chi connectivity index (χ2n) is 3.01. The van der Waals surface area contributed by atoms with Gasteiger partial charge in [-0.25, -0.2) is 9.59 Å². The summed E-state index contributed by atoms with van der Waals surface area (Å²) >= 11 is 0. The van der Waals surface area contributed by atoms with Crippen LogP contribution >= 0.6 is 0 Å². The Morgan fingerprint density at radius 3 is 2.11 bits per heavy atom. The van der Waals surface area contributed by atoms with Crippen molar-refractivity contribution in [3.63, 3.8) is 0 Å². The van der Waals surface area contributed by atoms with Crippen molar-refractivity contribution in [2.75, 3.05) is 0 Å². The van der Waals surface area contributed by atoms with Gasteiger partial charge in [-0.1, -0.05) is 13.3 Å². The number of rotatable bonds is 5. The number of hydrogen-bond donors (Lipinski definition) is 2. The molecule has 18 heavy (non-hydrogen) atoms. The lowest BCUT2D eigenvalue weighted by Gasteiger charge is -1.96. The van der Waals surface area contributed by atoms with Crippen molar-refractivity contribution in [3.8, 4) is 12.1 Å². The first kappa shape index (κ1) is 17.8. The van der Waals surface area contributed by atoms with E-state index in [1.54, 1.807) is 6.07 Å². The van der Waals surface area contributed by atoms with Gasteiger partial charge in [0.25, 0.3) is 0 Å². The molecule has 0 atom stereocenters. The molecule has 6 nitrogen and oxygen atoms in total. The van der Waals surface area contributed by atoms with Crippen LogP contribution in [0.4, 0.5) is 0 Å². The first-order valence-corrected chi connectivity index (χ1v) is 5.10. The van der Waals surface area contributed by atoms with Crippen LogP contribution < -0.4 is 0 Å². The van der Waals surface area contributed by atoms with Gasteiger partial charge in [0.05, 0.1) is 12.1 Å². The largest absolute Gasteiger partial charge is 0.478 e. The van der Waals surface area contributed by atoms with Crippen LogP contribution in [0.15, 0.2) is 23.8 Å². The van der Waals surface area contributed by atoms with Gasteiger partial charge in [-0.2, -0.15) is 10.5 Å². The Kier molecular flexibility index (Phi) is 12.3. The SMILES string of the molecule is CCCCC(=CC#N)C(=O)O.N#CC=CC(=O)O. The summed E-state index contributed by atoms with van der Waals surface area (Å²) in [6.07, 6.45) is 5.02. The third-order valence-electron chi connectivity index (χ3n) is 1.61. The molecule has 0 aromatic carbocycles. The van der Waals surface area contributed by atoms with E-state index in [1.165, 1.54) is 6.07 Å². The summed E-state index contributed by atoms with van der Waals surface area (Å²) in [6.45, 7) is 1.98. The highest BCUT2D eigenvalue weighted by Gasteiger charge is 2.04. The fourth-order valence-corrected chi connectivity index (χ4v) is 0.795. The van der Waals surface area contributed by atoms with E-state index in [-0.39, 0.29) is 5.57 Å². The van der Waals surface area contributed by atoms with E-state index >= 15 is 0 Å². The molecule has 0 aliphatic carbocycles. The van der Waals surface area contributed by atoms with E-state index in [2.05, 4.69) is 0 Å². The minimum atomic E-state index is -1.10. The second-order valence-corrected chi connectivity index (χ2v) is 3.01. The van der Waals surface area contributed by atoms with E-state index in [1.807, 2.05) is 6.92 Å². The van der Waals surface area contributed by atoms with E-state index in [0.717, 1.165) is 31.1 Å². The van der Waals surface area contributed by atoms with Crippen LogP contribution in [0.25, 0.3) is 0 Å². The molecule has 96 valence electrons. The Balaban J connectivity index is 0. The average molecular weight is 250 g/mol. The number of carbonyl (C=O) groups is 2. The van der Waals surface area contributed by atoms with Gasteiger partial charge in [0.15, 0.2) is 0 Å². The zero-order valence-electron chi connectivity index (χ0n) is 9.96. The Labute approximate surface area is 105 Å². The molecule has 0 radical (unpaired) electrons. The van der Waals surface area contributed by atoms with Crippen molar-refractivity contribution in [2.24, 2.45) is 0 Å². The number of carboxylic acids is 2. The Morgan fingerprint density at radius 2 is 1.83 bits per heavy atom. The molecule has 0 aliphatic heterocycles. The predicted molar refractivity (Wildman–Crippen MR) is 63.2 cm³/mol. The zero-order chi connectivity index (χ0) is 14.4. The highest BCUT2D eigenvalue weighted by atomic mass is 16.4. The lowest BCUT2D eigenvalue weighted by molar-refractivity contribution is -0.133. The van der Waals surface area contributed by atoms with Crippen LogP contribution in [0.1, 0.15) is 26.2 Å². The number of nitriles is 2. The first-order chi connectivity index (χ1) is 8.49. The van der Waals surface area contributed by atoms with Gasteiger partial charge < -0.3 is 10.2 Å². The number of hydrogen-bond acceptors (Lipinski definition) is 4. The number of nitrogens with zero attached hydrogens (tertiary/aromatic N) is 2. The quantitative estimate of drug-likeness (QED) is 0.567. The minimum absolute atomic E-state index is 0.203. The maximum Gasteiger partial charge on any atom is 0.332 e. The maximum absolute atomic E-state index is 10.4. The topological polar surface area (TPSA) is 122 Å². The smallest absolute Gasteiger partial charge is 0.332 e. The van der Waals surface area contributed by atoms with Gasteiger partial charge >= 0.3 is 11.9 Å². The van der Waals surface area contributed by atoms with Crippen LogP contribution in [-0.4, -0.2) is 22.2 Å². The minimum Gasteiger partial charge on any atom is -0.478 e. The monoisotopic (exact) mass is 250 g/mol. The second kappa shape index (κ2) is 12.5. The fraction of sp³-hybridized carbons (Fsp3) is 0.333. The maximum atomic E-state index is 10.4. The molecular formula is C12H14N2O4. The van der Waals surface area contributed by atoms with E-state index in [0.29, 0.717) is 6.42 Å². The van der Waals surface area contributed by atoms with Crippen LogP contribution in [-0.2, 0) is 9.59 Å². The van der Waals surface area contributed by atoms with Crippen LogP contribution in [0.2, 0.25) is 0 Å². The number of aliphatic carboxylic acids is 2. The third-order valence-corrected chi connectivity index (χ3v) is 1.61. The highest BCUT2D eigenvalue weighted by molar-refractivity contribution is 5.87. The van der Waals surface area contributed by atoms with E-state index in [9.17, 15) is 9.59 Å². The van der Waals surface area contributed by atoms with Gasteiger partial charge in [-0.15, -0.1) is 0 Å². The summed E-state index contributed by atoms with van der Waals surface area (Å²) in [5, 5.41) is 32.2. The summed E-state index contributed by atoms with van der Waals surface area (Å²) < 4.78 is 0. The van der Waals surface area contributed by atoms with E-state index in [4.69, 9.17) is 20.7 Å². The molecule has 0 saturated heterocycles. The average Bonchev–Trinajstić information content (AvgIpc) is 2.32. The van der Waals surface area contributed by atoms with E-state index < -0.39 is 11.9 Å². The van der Waals surface area contributed by atoms with Crippen molar-refractivity contribution >= 4 is 11.9 Å². The summed E-state index contributed by atoms with van der Waals surface area (Å²) in [6, 6.07) is 3.25. The highest BCUT2D eigenvalue weighted by Crippen LogP contribution is 2.06. The molecule has 0 spiro atoms. The summed E-state index contributed by atoms with van der Waals surface area (Å²) in [7, 11) is 0. The molecule has 0 heterocycles. The third kappa shape index (κ3) is 13.4. The van der Waals surface area contributed by atoms with Crippen molar-refractivity contribution in [1.82, 2.24) is 0 Å². The Bertz CT molecular complexity index is 411. The number of unbranched alkanes of at least 4 members (excludes halogenated alkanes) is 1. The lowest BCUT2D eigenvalue weighted by atomic mass is 10.1. The number of carboxylic acid groups (broad SMARTS) is 2. The molecule has 0 saturated carbocycles. The molecule has 0 aromatic rings.